The monoisotopic (exact) mass is 460 g/mol. The summed E-state index contributed by atoms with van der Waals surface area (Å²) in [5, 5.41) is 5.41. The number of carbonyl (C=O) groups is 4. The van der Waals surface area contributed by atoms with Crippen molar-refractivity contribution in [1.82, 2.24) is 5.32 Å². The number of aryl methyl sites for hydroxylation is 1. The molecule has 0 aliphatic heterocycles. The van der Waals surface area contributed by atoms with Crippen LogP contribution in [0.3, 0.4) is 0 Å². The number of hydrogen-bond acceptors (Lipinski definition) is 6. The molecule has 0 spiro atoms. The van der Waals surface area contributed by atoms with Crippen molar-refractivity contribution >= 4 is 29.4 Å². The molecule has 0 aromatic heterocycles. The van der Waals surface area contributed by atoms with Crippen molar-refractivity contribution in [3.63, 3.8) is 0 Å². The van der Waals surface area contributed by atoms with Crippen LogP contribution >= 0.6 is 0 Å². The van der Waals surface area contributed by atoms with E-state index in [2.05, 4.69) is 15.4 Å². The second-order valence-electron chi connectivity index (χ2n) is 7.38. The minimum absolute atomic E-state index is 0.0157. The highest BCUT2D eigenvalue weighted by atomic mass is 16.5. The highest BCUT2D eigenvalue weighted by Gasteiger charge is 2.20. The molecule has 0 aliphatic carbocycles. The second-order valence-corrected chi connectivity index (χ2v) is 7.38. The topological polar surface area (TPSA) is 111 Å². The number of anilines is 1. The molecule has 3 aromatic rings. The smallest absolute Gasteiger partial charge is 0.339 e. The van der Waals surface area contributed by atoms with Gasteiger partial charge in [-0.2, -0.15) is 0 Å². The third kappa shape index (κ3) is 6.29. The zero-order chi connectivity index (χ0) is 24.5. The minimum atomic E-state index is -0.847. The molecule has 0 saturated carbocycles. The first-order chi connectivity index (χ1) is 16.4. The lowest BCUT2D eigenvalue weighted by molar-refractivity contribution is -0.119. The van der Waals surface area contributed by atoms with Gasteiger partial charge in [0.25, 0.3) is 11.8 Å². The highest BCUT2D eigenvalue weighted by molar-refractivity contribution is 6.05. The Balaban J connectivity index is 1.60. The Bertz CT molecular complexity index is 1200. The average molecular weight is 460 g/mol. The van der Waals surface area contributed by atoms with Gasteiger partial charge in [-0.15, -0.1) is 0 Å². The van der Waals surface area contributed by atoms with Crippen molar-refractivity contribution in [3.8, 4) is 0 Å². The van der Waals surface area contributed by atoms with Crippen molar-refractivity contribution in [3.05, 3.63) is 101 Å². The molecule has 3 aromatic carbocycles. The molecular weight excluding hydrogens is 436 g/mol. The lowest BCUT2D eigenvalue weighted by Crippen LogP contribution is -2.26. The van der Waals surface area contributed by atoms with E-state index < -0.39 is 24.5 Å². The van der Waals surface area contributed by atoms with Gasteiger partial charge in [0.2, 0.25) is 0 Å². The first-order valence-electron chi connectivity index (χ1n) is 10.5. The maximum Gasteiger partial charge on any atom is 0.339 e. The number of rotatable bonds is 8. The summed E-state index contributed by atoms with van der Waals surface area (Å²) in [6, 6.07) is 20.3. The van der Waals surface area contributed by atoms with Gasteiger partial charge in [0, 0.05) is 6.54 Å². The first-order valence-corrected chi connectivity index (χ1v) is 10.5. The number of esters is 2. The number of hydrogen-bond donors (Lipinski definition) is 2. The Morgan fingerprint density at radius 3 is 2.00 bits per heavy atom. The molecule has 0 heterocycles. The van der Waals surface area contributed by atoms with E-state index in [1.165, 1.54) is 19.2 Å². The van der Waals surface area contributed by atoms with Gasteiger partial charge >= 0.3 is 11.9 Å². The maximum absolute atomic E-state index is 12.7. The molecule has 2 N–H and O–H groups in total. The minimum Gasteiger partial charge on any atom is -0.465 e. The molecule has 174 valence electrons. The van der Waals surface area contributed by atoms with Crippen molar-refractivity contribution in [2.45, 2.75) is 13.5 Å². The van der Waals surface area contributed by atoms with Crippen molar-refractivity contribution in [1.29, 1.82) is 0 Å². The Kier molecular flexibility index (Phi) is 8.12. The second kappa shape index (κ2) is 11.4. The van der Waals surface area contributed by atoms with Crippen LogP contribution < -0.4 is 10.6 Å². The lowest BCUT2D eigenvalue weighted by Gasteiger charge is -2.12. The molecular formula is C26H24N2O6. The van der Waals surface area contributed by atoms with Crippen LogP contribution in [0.4, 0.5) is 5.69 Å². The molecule has 8 heteroatoms. The zero-order valence-corrected chi connectivity index (χ0v) is 18.8. The Labute approximate surface area is 196 Å². The summed E-state index contributed by atoms with van der Waals surface area (Å²) in [4.78, 5) is 49.3. The van der Waals surface area contributed by atoms with Crippen LogP contribution in [-0.4, -0.2) is 37.5 Å². The molecule has 0 aliphatic rings. The van der Waals surface area contributed by atoms with Crippen LogP contribution in [0, 0.1) is 6.92 Å². The fraction of sp³-hybridized carbons (Fsp3) is 0.154. The number of nitrogens with one attached hydrogen (secondary N) is 2. The normalized spacial score (nSPS) is 10.2. The molecule has 3 rings (SSSR count). The van der Waals surface area contributed by atoms with Crippen molar-refractivity contribution in [2.75, 3.05) is 19.0 Å². The molecule has 0 unspecified atom stereocenters. The fourth-order valence-corrected chi connectivity index (χ4v) is 3.12. The van der Waals surface area contributed by atoms with Crippen LogP contribution in [-0.2, 0) is 20.8 Å². The van der Waals surface area contributed by atoms with E-state index in [4.69, 9.17) is 4.74 Å². The average Bonchev–Trinajstić information content (AvgIpc) is 2.86. The predicted octanol–water partition coefficient (Wildman–Crippen LogP) is 3.51. The summed E-state index contributed by atoms with van der Waals surface area (Å²) in [7, 11) is 1.20. The summed E-state index contributed by atoms with van der Waals surface area (Å²) < 4.78 is 9.71. The predicted molar refractivity (Wildman–Crippen MR) is 125 cm³/mol. The van der Waals surface area contributed by atoms with Gasteiger partial charge in [-0.05, 0) is 36.8 Å². The van der Waals surface area contributed by atoms with Crippen LogP contribution in [0.5, 0.6) is 0 Å². The molecule has 2 amide bonds. The van der Waals surface area contributed by atoms with Crippen LogP contribution in [0.1, 0.15) is 42.2 Å². The Hall–Kier alpha value is -4.46. The van der Waals surface area contributed by atoms with Crippen LogP contribution in [0.25, 0.3) is 0 Å². The molecule has 0 atom stereocenters. The van der Waals surface area contributed by atoms with E-state index in [-0.39, 0.29) is 28.3 Å². The third-order valence-corrected chi connectivity index (χ3v) is 4.91. The van der Waals surface area contributed by atoms with E-state index in [9.17, 15) is 19.2 Å². The summed E-state index contributed by atoms with van der Waals surface area (Å²) in [5.41, 5.74) is 2.63. The SMILES string of the molecule is COC(=O)c1ccccc1C(=O)OCC(=O)Nc1ccccc1C(=O)NCc1ccc(C)cc1. The van der Waals surface area contributed by atoms with E-state index >= 15 is 0 Å². The Morgan fingerprint density at radius 2 is 1.35 bits per heavy atom. The van der Waals surface area contributed by atoms with Crippen molar-refractivity contribution in [2.24, 2.45) is 0 Å². The summed E-state index contributed by atoms with van der Waals surface area (Å²) in [5.74, 6) is -2.54. The molecule has 34 heavy (non-hydrogen) atoms. The van der Waals surface area contributed by atoms with Gasteiger partial charge in [-0.1, -0.05) is 54.1 Å². The van der Waals surface area contributed by atoms with Crippen LogP contribution in [0.2, 0.25) is 0 Å². The van der Waals surface area contributed by atoms with Crippen LogP contribution in [0.15, 0.2) is 72.8 Å². The highest BCUT2D eigenvalue weighted by Crippen LogP contribution is 2.16. The standard InChI is InChI=1S/C26H24N2O6/c1-17-11-13-18(14-12-17)15-27-24(30)21-9-5-6-10-22(21)28-23(29)16-34-26(32)20-8-4-3-7-19(20)25(31)33-2/h3-14H,15-16H2,1-2H3,(H,27,30)(H,28,29). The summed E-state index contributed by atoms with van der Waals surface area (Å²) >= 11 is 0. The van der Waals surface area contributed by atoms with E-state index in [0.717, 1.165) is 11.1 Å². The maximum atomic E-state index is 12.7. The summed E-state index contributed by atoms with van der Waals surface area (Å²) in [6.07, 6.45) is 0. The van der Waals surface area contributed by atoms with Gasteiger partial charge in [-0.3, -0.25) is 9.59 Å². The molecule has 0 bridgehead atoms. The lowest BCUT2D eigenvalue weighted by atomic mass is 10.1. The van der Waals surface area contributed by atoms with Gasteiger partial charge < -0.3 is 20.1 Å². The van der Waals surface area contributed by atoms with E-state index in [1.807, 2.05) is 31.2 Å². The Morgan fingerprint density at radius 1 is 0.765 bits per heavy atom. The quantitative estimate of drug-likeness (QED) is 0.498. The van der Waals surface area contributed by atoms with E-state index in [1.54, 1.807) is 36.4 Å². The van der Waals surface area contributed by atoms with Crippen molar-refractivity contribution < 1.29 is 28.7 Å². The number of ether oxygens (including phenoxy) is 2. The van der Waals surface area contributed by atoms with Gasteiger partial charge in [0.15, 0.2) is 6.61 Å². The number of para-hydroxylation sites is 1. The third-order valence-electron chi connectivity index (χ3n) is 4.91. The van der Waals surface area contributed by atoms with Gasteiger partial charge in [0.05, 0.1) is 29.5 Å². The first kappa shape index (κ1) is 24.2. The molecule has 0 fully saturated rings. The number of benzene rings is 3. The zero-order valence-electron chi connectivity index (χ0n) is 18.8. The van der Waals surface area contributed by atoms with E-state index in [0.29, 0.717) is 6.54 Å². The number of carbonyl (C=O) groups excluding carboxylic acids is 4. The fourth-order valence-electron chi connectivity index (χ4n) is 3.12. The number of methoxy groups -OCH3 is 1. The largest absolute Gasteiger partial charge is 0.465 e. The molecule has 8 nitrogen and oxygen atoms in total. The molecule has 0 radical (unpaired) electrons. The summed E-state index contributed by atoms with van der Waals surface area (Å²) in [6.45, 7) is 1.71. The molecule has 0 saturated heterocycles. The number of amides is 2. The van der Waals surface area contributed by atoms with Gasteiger partial charge in [-0.25, -0.2) is 9.59 Å². The van der Waals surface area contributed by atoms with Gasteiger partial charge in [0.1, 0.15) is 0 Å².